The molecule has 0 N–H and O–H groups in total. The molecule has 0 aliphatic heterocycles. The molecule has 0 bridgehead atoms. The second-order valence-electron chi connectivity index (χ2n) is 7.11. The maximum absolute atomic E-state index is 14.2. The van der Waals surface area contributed by atoms with Gasteiger partial charge in [-0.1, -0.05) is 19.4 Å². The van der Waals surface area contributed by atoms with E-state index in [0.717, 1.165) is 18.4 Å². The van der Waals surface area contributed by atoms with E-state index in [-0.39, 0.29) is 17.0 Å². The van der Waals surface area contributed by atoms with Crippen molar-refractivity contribution >= 4 is 0 Å². The van der Waals surface area contributed by atoms with Crippen LogP contribution in [0.5, 0.6) is 0 Å². The fraction of sp³-hybridized carbons (Fsp3) is 0.409. The summed E-state index contributed by atoms with van der Waals surface area (Å²) in [6, 6.07) is 8.08. The highest BCUT2D eigenvalue weighted by atomic mass is 19.1. The molecule has 0 saturated carbocycles. The van der Waals surface area contributed by atoms with Crippen LogP contribution in [0.15, 0.2) is 24.3 Å². The highest BCUT2D eigenvalue weighted by molar-refractivity contribution is 5.41. The van der Waals surface area contributed by atoms with Gasteiger partial charge >= 0.3 is 0 Å². The average molecular weight is 357 g/mol. The summed E-state index contributed by atoms with van der Waals surface area (Å²) in [4.78, 5) is 0. The van der Waals surface area contributed by atoms with Crippen molar-refractivity contribution in [3.05, 3.63) is 69.5 Å². The molecular formula is C22H22F3N. The lowest BCUT2D eigenvalue weighted by molar-refractivity contribution is 0.411. The monoisotopic (exact) mass is 357 g/mol. The predicted molar refractivity (Wildman–Crippen MR) is 95.3 cm³/mol. The summed E-state index contributed by atoms with van der Waals surface area (Å²) in [6.07, 6.45) is 4.57. The summed E-state index contributed by atoms with van der Waals surface area (Å²) in [6.45, 7) is 1.98. The predicted octanol–water partition coefficient (Wildman–Crippen LogP) is 5.67. The quantitative estimate of drug-likeness (QED) is 0.677. The molecule has 1 unspecified atom stereocenters. The molecular weight excluding hydrogens is 335 g/mol. The number of nitrogens with zero attached hydrogens (tertiary/aromatic N) is 1. The number of benzene rings is 2. The van der Waals surface area contributed by atoms with Crippen LogP contribution in [0.4, 0.5) is 13.2 Å². The third-order valence-electron chi connectivity index (χ3n) is 5.31. The summed E-state index contributed by atoms with van der Waals surface area (Å²) in [5, 5.41) is 8.93. The number of hydrogen-bond donors (Lipinski definition) is 0. The van der Waals surface area contributed by atoms with Gasteiger partial charge in [0.2, 0.25) is 0 Å². The molecule has 4 heteroatoms. The van der Waals surface area contributed by atoms with Crippen LogP contribution < -0.4 is 0 Å². The first-order valence-corrected chi connectivity index (χ1v) is 9.20. The highest BCUT2D eigenvalue weighted by Crippen LogP contribution is 2.32. The molecule has 1 atom stereocenters. The Hall–Kier alpha value is -2.28. The molecule has 0 spiro atoms. The minimum Gasteiger partial charge on any atom is -0.207 e. The van der Waals surface area contributed by atoms with Crippen LogP contribution in [0.25, 0.3) is 0 Å². The number of nitriles is 1. The van der Waals surface area contributed by atoms with Crippen molar-refractivity contribution in [2.75, 3.05) is 0 Å². The van der Waals surface area contributed by atoms with Crippen molar-refractivity contribution in [2.24, 2.45) is 5.92 Å². The Morgan fingerprint density at radius 3 is 2.50 bits per heavy atom. The summed E-state index contributed by atoms with van der Waals surface area (Å²) < 4.78 is 42.7. The Bertz CT molecular complexity index is 828. The van der Waals surface area contributed by atoms with Crippen LogP contribution >= 0.6 is 0 Å². The Balaban J connectivity index is 1.69. The van der Waals surface area contributed by atoms with Crippen molar-refractivity contribution in [3.63, 3.8) is 0 Å². The third-order valence-corrected chi connectivity index (χ3v) is 5.31. The molecule has 1 aliphatic rings. The van der Waals surface area contributed by atoms with Crippen molar-refractivity contribution in [1.29, 1.82) is 5.26 Å². The van der Waals surface area contributed by atoms with E-state index in [1.165, 1.54) is 18.2 Å². The maximum Gasteiger partial charge on any atom is 0.144 e. The minimum absolute atomic E-state index is 0.0820. The van der Waals surface area contributed by atoms with E-state index in [4.69, 9.17) is 5.26 Å². The van der Waals surface area contributed by atoms with E-state index >= 15 is 0 Å². The molecule has 1 aliphatic carbocycles. The van der Waals surface area contributed by atoms with Gasteiger partial charge < -0.3 is 0 Å². The van der Waals surface area contributed by atoms with Crippen molar-refractivity contribution < 1.29 is 13.2 Å². The van der Waals surface area contributed by atoms with Gasteiger partial charge in [0, 0.05) is 5.56 Å². The zero-order chi connectivity index (χ0) is 18.7. The fourth-order valence-corrected chi connectivity index (χ4v) is 3.89. The molecule has 136 valence electrons. The maximum atomic E-state index is 14.2. The lowest BCUT2D eigenvalue weighted by atomic mass is 9.80. The van der Waals surface area contributed by atoms with Gasteiger partial charge in [0.15, 0.2) is 0 Å². The molecule has 3 rings (SSSR count). The molecule has 0 fully saturated rings. The van der Waals surface area contributed by atoms with Crippen LogP contribution in [-0.2, 0) is 25.7 Å². The van der Waals surface area contributed by atoms with Crippen molar-refractivity contribution in [1.82, 2.24) is 0 Å². The Morgan fingerprint density at radius 1 is 1.12 bits per heavy atom. The largest absolute Gasteiger partial charge is 0.207 e. The topological polar surface area (TPSA) is 23.8 Å². The lowest BCUT2D eigenvalue weighted by Crippen LogP contribution is -2.17. The summed E-state index contributed by atoms with van der Waals surface area (Å²) in [5.41, 5.74) is 2.47. The standard InChI is InChI=1S/C22H22F3N/c1-2-3-15-11-20(23)19(21(24)12-15)9-5-14-4-8-18-16(10-14)6-7-17(13-26)22(18)25/h6-7,11-12,14H,2-5,8-10H2,1H3. The normalized spacial score (nSPS) is 16.2. The van der Waals surface area contributed by atoms with Crippen LogP contribution in [0.2, 0.25) is 0 Å². The zero-order valence-electron chi connectivity index (χ0n) is 14.9. The first-order valence-electron chi connectivity index (χ1n) is 9.20. The van der Waals surface area contributed by atoms with Gasteiger partial charge in [-0.15, -0.1) is 0 Å². The first kappa shape index (κ1) is 18.5. The zero-order valence-corrected chi connectivity index (χ0v) is 14.9. The third kappa shape index (κ3) is 3.77. The van der Waals surface area contributed by atoms with Crippen LogP contribution in [0.3, 0.4) is 0 Å². The molecule has 0 heterocycles. The van der Waals surface area contributed by atoms with E-state index in [9.17, 15) is 13.2 Å². The number of halogens is 3. The van der Waals surface area contributed by atoms with Gasteiger partial charge in [-0.05, 0) is 79.3 Å². The van der Waals surface area contributed by atoms with Crippen LogP contribution in [0.1, 0.15) is 54.0 Å². The molecule has 2 aromatic carbocycles. The fourth-order valence-electron chi connectivity index (χ4n) is 3.89. The number of fused-ring (bicyclic) bond motifs is 1. The Kier molecular flexibility index (Phi) is 5.66. The van der Waals surface area contributed by atoms with Gasteiger partial charge in [-0.2, -0.15) is 5.26 Å². The molecule has 0 radical (unpaired) electrons. The van der Waals surface area contributed by atoms with Gasteiger partial charge in [0.25, 0.3) is 0 Å². The van der Waals surface area contributed by atoms with Gasteiger partial charge in [-0.25, -0.2) is 13.2 Å². The van der Waals surface area contributed by atoms with E-state index in [2.05, 4.69) is 0 Å². The molecule has 1 nitrogen and oxygen atoms in total. The second-order valence-corrected chi connectivity index (χ2v) is 7.11. The van der Waals surface area contributed by atoms with Gasteiger partial charge in [-0.3, -0.25) is 0 Å². The summed E-state index contributed by atoms with van der Waals surface area (Å²) >= 11 is 0. The second kappa shape index (κ2) is 7.95. The van der Waals surface area contributed by atoms with Crippen LogP contribution in [-0.4, -0.2) is 0 Å². The smallest absolute Gasteiger partial charge is 0.144 e. The highest BCUT2D eigenvalue weighted by Gasteiger charge is 2.23. The molecule has 0 amide bonds. The molecule has 26 heavy (non-hydrogen) atoms. The van der Waals surface area contributed by atoms with Gasteiger partial charge in [0.05, 0.1) is 5.56 Å². The van der Waals surface area contributed by atoms with E-state index in [1.807, 2.05) is 19.1 Å². The lowest BCUT2D eigenvalue weighted by Gasteiger charge is -2.25. The minimum atomic E-state index is -0.464. The Morgan fingerprint density at radius 2 is 1.85 bits per heavy atom. The van der Waals surface area contributed by atoms with E-state index < -0.39 is 17.5 Å². The average Bonchev–Trinajstić information content (AvgIpc) is 2.61. The number of hydrogen-bond acceptors (Lipinski definition) is 1. The van der Waals surface area contributed by atoms with Crippen molar-refractivity contribution in [2.45, 2.75) is 51.9 Å². The molecule has 0 aromatic heterocycles. The van der Waals surface area contributed by atoms with Gasteiger partial charge in [0.1, 0.15) is 23.5 Å². The summed E-state index contributed by atoms with van der Waals surface area (Å²) in [5.74, 6) is -1.07. The summed E-state index contributed by atoms with van der Waals surface area (Å²) in [7, 11) is 0. The van der Waals surface area contributed by atoms with E-state index in [0.29, 0.717) is 43.2 Å². The Labute approximate surface area is 152 Å². The number of aryl methyl sites for hydroxylation is 1. The van der Waals surface area contributed by atoms with Crippen LogP contribution in [0, 0.1) is 34.7 Å². The molecule has 0 saturated heterocycles. The SMILES string of the molecule is CCCc1cc(F)c(CCC2CCc3c(ccc(C#N)c3F)C2)c(F)c1. The van der Waals surface area contributed by atoms with E-state index in [1.54, 1.807) is 0 Å². The first-order chi connectivity index (χ1) is 12.5. The van der Waals surface area contributed by atoms with Crippen molar-refractivity contribution in [3.8, 4) is 6.07 Å². The molecule has 2 aromatic rings. The number of rotatable bonds is 5.